The molecule has 2 saturated heterocycles. The van der Waals surface area contributed by atoms with Crippen molar-refractivity contribution in [2.75, 3.05) is 11.1 Å². The number of fused-ring (bicyclic) bond motifs is 1. The number of nitrogens with zero attached hydrogens (tertiary/aromatic N) is 1. The summed E-state index contributed by atoms with van der Waals surface area (Å²) in [5, 5.41) is 3.48. The van der Waals surface area contributed by atoms with Gasteiger partial charge in [0.25, 0.3) is 0 Å². The van der Waals surface area contributed by atoms with Crippen molar-refractivity contribution in [1.82, 2.24) is 4.90 Å². The standard InChI is InChI=1S/C14H15ClN2O2S/c1-14-7-6-12(18)17(14)11(8-20-14)13(19)16-10-4-2-9(15)3-5-10/h2-5,11H,6-8H2,1H3,(H,16,19)/t11-,14-/m1/s1. The number of hydrogen-bond donors (Lipinski definition) is 1. The van der Waals surface area contributed by atoms with Gasteiger partial charge in [-0.25, -0.2) is 0 Å². The normalized spacial score (nSPS) is 28.6. The molecular formula is C14H15ClN2O2S. The van der Waals surface area contributed by atoms with Crippen LogP contribution in [0.3, 0.4) is 0 Å². The summed E-state index contributed by atoms with van der Waals surface area (Å²) in [7, 11) is 0. The molecule has 2 aliphatic heterocycles. The van der Waals surface area contributed by atoms with Crippen LogP contribution in [0.25, 0.3) is 0 Å². The molecule has 0 radical (unpaired) electrons. The number of nitrogens with one attached hydrogen (secondary N) is 1. The molecule has 2 atom stereocenters. The molecule has 2 fully saturated rings. The lowest BCUT2D eigenvalue weighted by atomic mass is 10.2. The van der Waals surface area contributed by atoms with Gasteiger partial charge in [-0.2, -0.15) is 0 Å². The zero-order valence-electron chi connectivity index (χ0n) is 11.1. The number of anilines is 1. The number of halogens is 1. The summed E-state index contributed by atoms with van der Waals surface area (Å²) >= 11 is 7.51. The first-order chi connectivity index (χ1) is 9.49. The SMILES string of the molecule is C[C@@]12CCC(=O)N1[C@@H](C(=O)Nc1ccc(Cl)cc1)CS2. The lowest BCUT2D eigenvalue weighted by Gasteiger charge is -2.29. The van der Waals surface area contributed by atoms with Crippen LogP contribution in [0.15, 0.2) is 24.3 Å². The molecule has 1 N–H and O–H groups in total. The Morgan fingerprint density at radius 2 is 2.15 bits per heavy atom. The monoisotopic (exact) mass is 310 g/mol. The molecule has 3 rings (SSSR count). The second-order valence-electron chi connectivity index (χ2n) is 5.26. The summed E-state index contributed by atoms with van der Waals surface area (Å²) in [6.07, 6.45) is 1.36. The number of thioether (sulfide) groups is 1. The van der Waals surface area contributed by atoms with Crippen molar-refractivity contribution in [3.63, 3.8) is 0 Å². The van der Waals surface area contributed by atoms with Crippen LogP contribution < -0.4 is 5.32 Å². The van der Waals surface area contributed by atoms with Crippen LogP contribution in [-0.4, -0.2) is 33.4 Å². The van der Waals surface area contributed by atoms with Gasteiger partial charge in [0.1, 0.15) is 6.04 Å². The fraction of sp³-hybridized carbons (Fsp3) is 0.429. The number of amides is 2. The lowest BCUT2D eigenvalue weighted by molar-refractivity contribution is -0.135. The van der Waals surface area contributed by atoms with E-state index in [1.54, 1.807) is 40.9 Å². The molecular weight excluding hydrogens is 296 g/mol. The van der Waals surface area contributed by atoms with E-state index in [9.17, 15) is 9.59 Å². The molecule has 2 aliphatic rings. The first kappa shape index (κ1) is 13.8. The molecule has 0 saturated carbocycles. The van der Waals surface area contributed by atoms with Crippen LogP contribution >= 0.6 is 23.4 Å². The molecule has 2 heterocycles. The third kappa shape index (κ3) is 2.29. The number of carbonyl (C=O) groups excluding carboxylic acids is 2. The fourth-order valence-electron chi connectivity index (χ4n) is 2.77. The summed E-state index contributed by atoms with van der Waals surface area (Å²) in [6.45, 7) is 2.04. The minimum absolute atomic E-state index is 0.0776. The maximum atomic E-state index is 12.4. The zero-order valence-corrected chi connectivity index (χ0v) is 12.6. The first-order valence-electron chi connectivity index (χ1n) is 6.52. The topological polar surface area (TPSA) is 49.4 Å². The van der Waals surface area contributed by atoms with E-state index in [-0.39, 0.29) is 22.7 Å². The molecule has 0 aromatic heterocycles. The van der Waals surface area contributed by atoms with Crippen LogP contribution in [-0.2, 0) is 9.59 Å². The molecule has 0 bridgehead atoms. The van der Waals surface area contributed by atoms with Gasteiger partial charge in [-0.05, 0) is 37.6 Å². The zero-order chi connectivity index (χ0) is 14.3. The van der Waals surface area contributed by atoms with E-state index in [0.717, 1.165) is 6.42 Å². The van der Waals surface area contributed by atoms with Crippen molar-refractivity contribution in [3.8, 4) is 0 Å². The predicted molar refractivity (Wildman–Crippen MR) is 80.8 cm³/mol. The van der Waals surface area contributed by atoms with Crippen molar-refractivity contribution >= 4 is 40.9 Å². The van der Waals surface area contributed by atoms with E-state index < -0.39 is 0 Å². The van der Waals surface area contributed by atoms with E-state index in [0.29, 0.717) is 22.9 Å². The van der Waals surface area contributed by atoms with Crippen molar-refractivity contribution in [3.05, 3.63) is 29.3 Å². The van der Waals surface area contributed by atoms with E-state index in [1.807, 2.05) is 6.92 Å². The van der Waals surface area contributed by atoms with Gasteiger partial charge >= 0.3 is 0 Å². The molecule has 106 valence electrons. The summed E-state index contributed by atoms with van der Waals surface area (Å²) in [4.78, 5) is 25.9. The summed E-state index contributed by atoms with van der Waals surface area (Å²) in [6, 6.07) is 6.59. The van der Waals surface area contributed by atoms with Gasteiger partial charge in [-0.1, -0.05) is 11.6 Å². The second kappa shape index (κ2) is 4.97. The second-order valence-corrected chi connectivity index (χ2v) is 7.20. The van der Waals surface area contributed by atoms with Gasteiger partial charge in [0.15, 0.2) is 0 Å². The minimum atomic E-state index is -0.379. The van der Waals surface area contributed by atoms with Gasteiger partial charge in [0.2, 0.25) is 11.8 Å². The molecule has 0 unspecified atom stereocenters. The third-order valence-electron chi connectivity index (χ3n) is 3.86. The van der Waals surface area contributed by atoms with Gasteiger partial charge in [-0.3, -0.25) is 9.59 Å². The Bertz CT molecular complexity index is 563. The average Bonchev–Trinajstić information content (AvgIpc) is 2.90. The van der Waals surface area contributed by atoms with Gasteiger partial charge < -0.3 is 10.2 Å². The molecule has 1 aromatic carbocycles. The van der Waals surface area contributed by atoms with Gasteiger partial charge in [0, 0.05) is 22.9 Å². The highest BCUT2D eigenvalue weighted by atomic mass is 35.5. The maximum Gasteiger partial charge on any atom is 0.248 e. The largest absolute Gasteiger partial charge is 0.324 e. The molecule has 1 aromatic rings. The molecule has 0 spiro atoms. The fourth-order valence-corrected chi connectivity index (χ4v) is 4.33. The van der Waals surface area contributed by atoms with Crippen molar-refractivity contribution in [1.29, 1.82) is 0 Å². The van der Waals surface area contributed by atoms with E-state index in [2.05, 4.69) is 5.32 Å². The number of carbonyl (C=O) groups is 2. The lowest BCUT2D eigenvalue weighted by Crippen LogP contribution is -2.48. The Morgan fingerprint density at radius 1 is 1.45 bits per heavy atom. The Kier molecular flexibility index (Phi) is 3.42. The Balaban J connectivity index is 1.75. The Morgan fingerprint density at radius 3 is 2.85 bits per heavy atom. The third-order valence-corrected chi connectivity index (χ3v) is 5.62. The molecule has 0 aliphatic carbocycles. The van der Waals surface area contributed by atoms with Crippen LogP contribution in [0.4, 0.5) is 5.69 Å². The van der Waals surface area contributed by atoms with E-state index >= 15 is 0 Å². The Hall–Kier alpha value is -1.20. The number of hydrogen-bond acceptors (Lipinski definition) is 3. The highest BCUT2D eigenvalue weighted by Gasteiger charge is 2.52. The smallest absolute Gasteiger partial charge is 0.248 e. The predicted octanol–water partition coefficient (Wildman–Crippen LogP) is 2.73. The van der Waals surface area contributed by atoms with E-state index in [1.165, 1.54) is 0 Å². The van der Waals surface area contributed by atoms with Crippen LogP contribution in [0.2, 0.25) is 5.02 Å². The van der Waals surface area contributed by atoms with Crippen molar-refractivity contribution in [2.24, 2.45) is 0 Å². The van der Waals surface area contributed by atoms with Crippen molar-refractivity contribution in [2.45, 2.75) is 30.7 Å². The number of benzene rings is 1. The minimum Gasteiger partial charge on any atom is -0.324 e. The highest BCUT2D eigenvalue weighted by Crippen LogP contribution is 2.47. The summed E-state index contributed by atoms with van der Waals surface area (Å²) in [5.74, 6) is 0.606. The number of rotatable bonds is 2. The maximum absolute atomic E-state index is 12.4. The van der Waals surface area contributed by atoms with Crippen LogP contribution in [0, 0.1) is 0 Å². The molecule has 2 amide bonds. The van der Waals surface area contributed by atoms with Crippen LogP contribution in [0.5, 0.6) is 0 Å². The molecule has 6 heteroatoms. The highest BCUT2D eigenvalue weighted by molar-refractivity contribution is 8.01. The van der Waals surface area contributed by atoms with Gasteiger partial charge in [0.05, 0.1) is 4.87 Å². The average molecular weight is 311 g/mol. The summed E-state index contributed by atoms with van der Waals surface area (Å²) < 4.78 is 0. The van der Waals surface area contributed by atoms with Gasteiger partial charge in [-0.15, -0.1) is 11.8 Å². The molecule has 20 heavy (non-hydrogen) atoms. The summed E-state index contributed by atoms with van der Waals surface area (Å²) in [5.41, 5.74) is 0.699. The molecule has 4 nitrogen and oxygen atoms in total. The Labute approximate surface area is 126 Å². The van der Waals surface area contributed by atoms with E-state index in [4.69, 9.17) is 11.6 Å². The van der Waals surface area contributed by atoms with Crippen molar-refractivity contribution < 1.29 is 9.59 Å². The quantitative estimate of drug-likeness (QED) is 0.914. The first-order valence-corrected chi connectivity index (χ1v) is 7.88. The van der Waals surface area contributed by atoms with Crippen LogP contribution in [0.1, 0.15) is 19.8 Å².